The summed E-state index contributed by atoms with van der Waals surface area (Å²) < 4.78 is 71.9. The van der Waals surface area contributed by atoms with Crippen molar-refractivity contribution >= 4 is 10.8 Å². The zero-order chi connectivity index (χ0) is 22.2. The van der Waals surface area contributed by atoms with Crippen LogP contribution in [0.1, 0.15) is 41.5 Å². The first-order chi connectivity index (χ1) is 13.9. The van der Waals surface area contributed by atoms with E-state index in [9.17, 15) is 13.2 Å². The molecule has 0 aliphatic rings. The molecule has 0 aliphatic heterocycles. The second-order valence-corrected chi connectivity index (χ2v) is 6.11. The molecule has 1 atom stereocenters. The molecule has 0 radical (unpaired) electrons. The number of hydrogen-bond donors (Lipinski definition) is 1. The Balaban J connectivity index is 1.83. The van der Waals surface area contributed by atoms with E-state index in [0.29, 0.717) is 0 Å². The van der Waals surface area contributed by atoms with Crippen LogP contribution in [-0.4, -0.2) is 6.50 Å². The molecule has 26 heavy (non-hydrogen) atoms. The molecular weight excluding hydrogens is 335 g/mol. The lowest BCUT2D eigenvalue weighted by atomic mass is 9.99. The normalized spacial score (nSPS) is 16.5. The first-order valence-corrected chi connectivity index (χ1v) is 8.32. The summed E-state index contributed by atoms with van der Waals surface area (Å²) in [6.07, 6.45) is -7.49. The van der Waals surface area contributed by atoms with E-state index < -0.39 is 37.1 Å². The molecule has 0 bridgehead atoms. The Kier molecular flexibility index (Phi) is 4.21. The SMILES string of the molecule is [2H]C([2H])(Cc1cccc(C(F)(F)F)c1)C([2H])([2H])N[C@H](C)c1cccc2ccccc12. The van der Waals surface area contributed by atoms with Gasteiger partial charge >= 0.3 is 6.18 Å². The molecule has 0 aliphatic carbocycles. The minimum absolute atomic E-state index is 0.0818. The average Bonchev–Trinajstić information content (AvgIpc) is 2.66. The zero-order valence-electron chi connectivity index (χ0n) is 18.3. The number of aryl methyl sites for hydroxylation is 1. The van der Waals surface area contributed by atoms with Gasteiger partial charge in [0.25, 0.3) is 0 Å². The van der Waals surface area contributed by atoms with Crippen molar-refractivity contribution in [2.75, 3.05) is 6.50 Å². The molecule has 0 aromatic heterocycles. The maximum Gasteiger partial charge on any atom is 0.416 e. The minimum atomic E-state index is -4.54. The predicted octanol–water partition coefficient (Wildman–Crippen LogP) is 6.14. The molecule has 3 rings (SSSR count). The van der Waals surface area contributed by atoms with Crippen LogP contribution in [0.4, 0.5) is 13.2 Å². The highest BCUT2D eigenvalue weighted by atomic mass is 19.4. The number of halogens is 3. The second-order valence-electron chi connectivity index (χ2n) is 6.11. The first-order valence-electron chi connectivity index (χ1n) is 10.3. The van der Waals surface area contributed by atoms with E-state index in [-0.39, 0.29) is 5.56 Å². The highest BCUT2D eigenvalue weighted by Gasteiger charge is 2.30. The molecule has 0 fully saturated rings. The fourth-order valence-electron chi connectivity index (χ4n) is 2.87. The predicted molar refractivity (Wildman–Crippen MR) is 100 cm³/mol. The molecule has 4 heteroatoms. The van der Waals surface area contributed by atoms with E-state index in [0.717, 1.165) is 28.5 Å². The Hall–Kier alpha value is -2.33. The highest BCUT2D eigenvalue weighted by molar-refractivity contribution is 5.86. The third-order valence-electron chi connectivity index (χ3n) is 4.21. The maximum absolute atomic E-state index is 12.9. The molecule has 1 nitrogen and oxygen atoms in total. The van der Waals surface area contributed by atoms with E-state index in [2.05, 4.69) is 5.32 Å². The van der Waals surface area contributed by atoms with Crippen LogP contribution in [0.25, 0.3) is 10.8 Å². The molecule has 0 heterocycles. The number of fused-ring (bicyclic) bond motifs is 1. The van der Waals surface area contributed by atoms with Crippen molar-refractivity contribution in [1.29, 1.82) is 0 Å². The van der Waals surface area contributed by atoms with Crippen molar-refractivity contribution in [3.8, 4) is 0 Å². The molecule has 0 amide bonds. The van der Waals surface area contributed by atoms with Crippen LogP contribution in [0.15, 0.2) is 66.7 Å². The molecule has 0 saturated heterocycles. The van der Waals surface area contributed by atoms with Crippen LogP contribution < -0.4 is 5.32 Å². The van der Waals surface area contributed by atoms with Gasteiger partial charge in [-0.2, -0.15) is 13.2 Å². The van der Waals surface area contributed by atoms with Gasteiger partial charge in [0.15, 0.2) is 0 Å². The molecule has 3 aromatic rings. The van der Waals surface area contributed by atoms with Gasteiger partial charge in [-0.3, -0.25) is 0 Å². The Labute approximate surface area is 157 Å². The topological polar surface area (TPSA) is 12.0 Å². The van der Waals surface area contributed by atoms with E-state index in [1.807, 2.05) is 42.5 Å². The Bertz CT molecular complexity index is 1030. The van der Waals surface area contributed by atoms with Gasteiger partial charge in [-0.25, -0.2) is 0 Å². The van der Waals surface area contributed by atoms with Crippen molar-refractivity contribution in [1.82, 2.24) is 5.32 Å². The van der Waals surface area contributed by atoms with Gasteiger partial charge in [0.05, 0.1) is 5.56 Å². The van der Waals surface area contributed by atoms with E-state index in [1.165, 1.54) is 12.1 Å². The van der Waals surface area contributed by atoms with Crippen molar-refractivity contribution in [2.45, 2.75) is 31.9 Å². The standard InChI is InChI=1S/C22H22F3N/c1-16(20-13-5-10-18-9-2-3-12-21(18)20)26-14-6-8-17-7-4-11-19(15-17)22(23,24)25/h2-5,7,9-13,15-16,26H,6,8,14H2,1H3/t16-/m1/s1/i6D2,14D2. The zero-order valence-corrected chi connectivity index (χ0v) is 14.3. The lowest BCUT2D eigenvalue weighted by Gasteiger charge is -2.17. The van der Waals surface area contributed by atoms with Gasteiger partial charge in [0, 0.05) is 11.5 Å². The summed E-state index contributed by atoms with van der Waals surface area (Å²) in [5.74, 6) is 0. The van der Waals surface area contributed by atoms with Crippen LogP contribution in [0.2, 0.25) is 0 Å². The molecule has 136 valence electrons. The van der Waals surface area contributed by atoms with Gasteiger partial charge in [-0.15, -0.1) is 0 Å². The molecule has 1 N–H and O–H groups in total. The quantitative estimate of drug-likeness (QED) is 0.556. The van der Waals surface area contributed by atoms with Crippen LogP contribution in [0.5, 0.6) is 0 Å². The molecule has 0 saturated carbocycles. The Morgan fingerprint density at radius 3 is 2.54 bits per heavy atom. The molecule has 3 aromatic carbocycles. The third-order valence-corrected chi connectivity index (χ3v) is 4.21. The van der Waals surface area contributed by atoms with E-state index in [1.54, 1.807) is 6.92 Å². The van der Waals surface area contributed by atoms with Crippen molar-refractivity contribution < 1.29 is 18.7 Å². The smallest absolute Gasteiger partial charge is 0.310 e. The summed E-state index contributed by atoms with van der Waals surface area (Å²) in [6, 6.07) is 17.1. The fourth-order valence-corrected chi connectivity index (χ4v) is 2.87. The molecule has 0 spiro atoms. The summed E-state index contributed by atoms with van der Waals surface area (Å²) in [5, 5.41) is 4.61. The largest absolute Gasteiger partial charge is 0.416 e. The van der Waals surface area contributed by atoms with Crippen molar-refractivity contribution in [3.05, 3.63) is 83.4 Å². The number of nitrogens with one attached hydrogen (secondary N) is 1. The van der Waals surface area contributed by atoms with Crippen LogP contribution in [0, 0.1) is 0 Å². The van der Waals surface area contributed by atoms with Crippen molar-refractivity contribution in [3.63, 3.8) is 0 Å². The van der Waals surface area contributed by atoms with Gasteiger partial charge in [-0.05, 0) is 54.2 Å². The molecule has 0 unspecified atom stereocenters. The monoisotopic (exact) mass is 361 g/mol. The van der Waals surface area contributed by atoms with Gasteiger partial charge in [0.1, 0.15) is 0 Å². The van der Waals surface area contributed by atoms with Crippen LogP contribution >= 0.6 is 0 Å². The van der Waals surface area contributed by atoms with E-state index >= 15 is 0 Å². The Morgan fingerprint density at radius 1 is 1.00 bits per heavy atom. The number of hydrogen-bond acceptors (Lipinski definition) is 1. The van der Waals surface area contributed by atoms with Gasteiger partial charge in [-0.1, -0.05) is 60.7 Å². The number of rotatable bonds is 6. The van der Waals surface area contributed by atoms with Gasteiger partial charge in [0.2, 0.25) is 0 Å². The average molecular weight is 361 g/mol. The summed E-state index contributed by atoms with van der Waals surface area (Å²) in [6.45, 7) is -0.752. The highest BCUT2D eigenvalue weighted by Crippen LogP contribution is 2.29. The number of alkyl halides is 3. The van der Waals surface area contributed by atoms with Crippen LogP contribution in [0.3, 0.4) is 0 Å². The summed E-state index contributed by atoms with van der Waals surface area (Å²) >= 11 is 0. The fraction of sp³-hybridized carbons (Fsp3) is 0.273. The third kappa shape index (κ3) is 4.44. The summed E-state index contributed by atoms with van der Waals surface area (Å²) in [5.41, 5.74) is 0.0126. The lowest BCUT2D eigenvalue weighted by Crippen LogP contribution is -2.20. The van der Waals surface area contributed by atoms with Crippen LogP contribution in [-0.2, 0) is 12.6 Å². The maximum atomic E-state index is 12.9. The molecular formula is C22H22F3N. The summed E-state index contributed by atoms with van der Waals surface area (Å²) in [7, 11) is 0. The number of benzene rings is 3. The summed E-state index contributed by atoms with van der Waals surface area (Å²) in [4.78, 5) is 0. The minimum Gasteiger partial charge on any atom is -0.310 e. The van der Waals surface area contributed by atoms with Crippen molar-refractivity contribution in [2.24, 2.45) is 0 Å². The lowest BCUT2D eigenvalue weighted by molar-refractivity contribution is -0.137. The van der Waals surface area contributed by atoms with Gasteiger partial charge < -0.3 is 5.32 Å². The second kappa shape index (κ2) is 7.92. The Morgan fingerprint density at radius 2 is 1.73 bits per heavy atom. The first kappa shape index (κ1) is 13.8. The van der Waals surface area contributed by atoms with E-state index in [4.69, 9.17) is 5.48 Å².